The predicted molar refractivity (Wildman–Crippen MR) is 104 cm³/mol. The van der Waals surface area contributed by atoms with E-state index < -0.39 is 11.9 Å². The summed E-state index contributed by atoms with van der Waals surface area (Å²) in [7, 11) is 0. The van der Waals surface area contributed by atoms with Gasteiger partial charge in [0.25, 0.3) is 0 Å². The maximum atomic E-state index is 12.4. The molecule has 0 saturated heterocycles. The van der Waals surface area contributed by atoms with Crippen LogP contribution < -0.4 is 4.74 Å². The van der Waals surface area contributed by atoms with Crippen LogP contribution in [0.5, 0.6) is 11.5 Å². The SMILES string of the molecule is CCCCCCCC(=O)c1ccc(O)c(C(=O)Oc2ccccc2C(=O)O)c1. The van der Waals surface area contributed by atoms with Crippen molar-refractivity contribution < 1.29 is 29.3 Å². The average Bonchev–Trinajstić information content (AvgIpc) is 2.68. The number of ketones is 1. The number of unbranched alkanes of at least 4 members (excludes halogenated alkanes) is 4. The summed E-state index contributed by atoms with van der Waals surface area (Å²) in [5, 5.41) is 19.2. The van der Waals surface area contributed by atoms with Gasteiger partial charge in [0.1, 0.15) is 22.6 Å². The zero-order chi connectivity index (χ0) is 20.5. The van der Waals surface area contributed by atoms with Crippen LogP contribution in [0.1, 0.15) is 76.5 Å². The Hall–Kier alpha value is -3.15. The molecule has 0 aliphatic carbocycles. The topological polar surface area (TPSA) is 101 Å². The minimum absolute atomic E-state index is 0.114. The number of para-hydroxylation sites is 1. The fraction of sp³-hybridized carbons (Fsp3) is 0.318. The van der Waals surface area contributed by atoms with E-state index in [1.807, 2.05) is 0 Å². The number of carboxylic acid groups (broad SMARTS) is 1. The highest BCUT2D eigenvalue weighted by molar-refractivity contribution is 6.01. The lowest BCUT2D eigenvalue weighted by atomic mass is 10.0. The number of phenolic OH excluding ortho intramolecular Hbond substituents is 1. The van der Waals surface area contributed by atoms with E-state index in [0.29, 0.717) is 12.0 Å². The van der Waals surface area contributed by atoms with Gasteiger partial charge in [0.05, 0.1) is 0 Å². The van der Waals surface area contributed by atoms with Gasteiger partial charge in [0, 0.05) is 12.0 Å². The molecule has 0 bridgehead atoms. The van der Waals surface area contributed by atoms with Crippen LogP contribution in [0.3, 0.4) is 0 Å². The van der Waals surface area contributed by atoms with E-state index in [9.17, 15) is 24.6 Å². The summed E-state index contributed by atoms with van der Waals surface area (Å²) < 4.78 is 5.14. The first-order chi connectivity index (χ1) is 13.4. The Labute approximate surface area is 163 Å². The summed E-state index contributed by atoms with van der Waals surface area (Å²) >= 11 is 0. The number of aromatic hydroxyl groups is 1. The minimum atomic E-state index is -1.24. The van der Waals surface area contributed by atoms with Gasteiger partial charge in [0.15, 0.2) is 5.78 Å². The molecule has 6 heteroatoms. The second kappa shape index (κ2) is 10.3. The standard InChI is InChI=1S/C22H24O6/c1-2-3-4-5-6-10-18(23)15-12-13-19(24)17(14-15)22(27)28-20-11-8-7-9-16(20)21(25)26/h7-9,11-14,24H,2-6,10H2,1H3,(H,25,26). The number of aromatic carboxylic acids is 1. The number of carbonyl (C=O) groups is 3. The molecule has 2 aromatic carbocycles. The lowest BCUT2D eigenvalue weighted by Crippen LogP contribution is -2.12. The van der Waals surface area contributed by atoms with E-state index in [-0.39, 0.29) is 28.4 Å². The van der Waals surface area contributed by atoms with Crippen molar-refractivity contribution in [3.8, 4) is 11.5 Å². The van der Waals surface area contributed by atoms with Crippen molar-refractivity contribution >= 4 is 17.7 Å². The van der Waals surface area contributed by atoms with E-state index >= 15 is 0 Å². The molecule has 0 atom stereocenters. The molecule has 2 rings (SSSR count). The molecule has 2 N–H and O–H groups in total. The van der Waals surface area contributed by atoms with Crippen LogP contribution in [-0.2, 0) is 0 Å². The largest absolute Gasteiger partial charge is 0.507 e. The third kappa shape index (κ3) is 5.67. The molecule has 0 radical (unpaired) electrons. The van der Waals surface area contributed by atoms with Crippen LogP contribution in [0, 0.1) is 0 Å². The van der Waals surface area contributed by atoms with Crippen LogP contribution in [0.15, 0.2) is 42.5 Å². The summed E-state index contributed by atoms with van der Waals surface area (Å²) in [5.74, 6) is -2.75. The van der Waals surface area contributed by atoms with Crippen LogP contribution in [0.4, 0.5) is 0 Å². The van der Waals surface area contributed by atoms with Gasteiger partial charge < -0.3 is 14.9 Å². The van der Waals surface area contributed by atoms with Gasteiger partial charge >= 0.3 is 11.9 Å². The van der Waals surface area contributed by atoms with Crippen molar-refractivity contribution in [3.63, 3.8) is 0 Å². The summed E-state index contributed by atoms with van der Waals surface area (Å²) in [4.78, 5) is 36.0. The summed E-state index contributed by atoms with van der Waals surface area (Å²) in [6.45, 7) is 2.12. The number of benzene rings is 2. The fourth-order valence-corrected chi connectivity index (χ4v) is 2.79. The van der Waals surface area contributed by atoms with Crippen molar-refractivity contribution in [1.29, 1.82) is 0 Å². The average molecular weight is 384 g/mol. The normalized spacial score (nSPS) is 10.5. The smallest absolute Gasteiger partial charge is 0.347 e. The van der Waals surface area contributed by atoms with E-state index in [1.54, 1.807) is 0 Å². The van der Waals surface area contributed by atoms with Gasteiger partial charge in [-0.3, -0.25) is 4.79 Å². The van der Waals surface area contributed by atoms with E-state index in [0.717, 1.165) is 32.1 Å². The number of Topliss-reactive ketones (excluding diaryl/α,β-unsaturated/α-hetero) is 1. The van der Waals surface area contributed by atoms with Gasteiger partial charge in [-0.2, -0.15) is 0 Å². The molecule has 0 heterocycles. The molecule has 2 aromatic rings. The van der Waals surface area contributed by atoms with E-state index in [1.165, 1.54) is 42.5 Å². The van der Waals surface area contributed by atoms with Crippen LogP contribution in [0.2, 0.25) is 0 Å². The Morgan fingerprint density at radius 2 is 1.64 bits per heavy atom. The molecular weight excluding hydrogens is 360 g/mol. The number of phenols is 1. The monoisotopic (exact) mass is 384 g/mol. The molecular formula is C22H24O6. The predicted octanol–water partition coefficient (Wildman–Crippen LogP) is 4.85. The van der Waals surface area contributed by atoms with Gasteiger partial charge in [-0.15, -0.1) is 0 Å². The maximum absolute atomic E-state index is 12.4. The number of ether oxygens (including phenoxy) is 1. The first-order valence-corrected chi connectivity index (χ1v) is 9.34. The molecule has 0 aliphatic heterocycles. The summed E-state index contributed by atoms with van der Waals surface area (Å²) in [6.07, 6.45) is 5.46. The second-order valence-corrected chi connectivity index (χ2v) is 6.51. The van der Waals surface area contributed by atoms with Crippen LogP contribution in [0.25, 0.3) is 0 Å². The molecule has 0 spiro atoms. The lowest BCUT2D eigenvalue weighted by Gasteiger charge is -2.09. The first-order valence-electron chi connectivity index (χ1n) is 9.34. The summed E-state index contributed by atoms with van der Waals surface area (Å²) in [6, 6.07) is 9.73. The number of rotatable bonds is 10. The van der Waals surface area contributed by atoms with E-state index in [2.05, 4.69) is 6.92 Å². The highest BCUT2D eigenvalue weighted by Crippen LogP contribution is 2.24. The third-order valence-electron chi connectivity index (χ3n) is 4.37. The highest BCUT2D eigenvalue weighted by Gasteiger charge is 2.19. The van der Waals surface area contributed by atoms with Crippen LogP contribution in [-0.4, -0.2) is 27.9 Å². The number of hydrogen-bond donors (Lipinski definition) is 2. The van der Waals surface area contributed by atoms with Crippen molar-refractivity contribution in [2.45, 2.75) is 45.4 Å². The quantitative estimate of drug-likeness (QED) is 0.263. The molecule has 0 aliphatic rings. The Kier molecular flexibility index (Phi) is 7.75. The van der Waals surface area contributed by atoms with Crippen molar-refractivity contribution in [3.05, 3.63) is 59.2 Å². The molecule has 0 unspecified atom stereocenters. The Balaban J connectivity index is 2.11. The number of carboxylic acids is 1. The Morgan fingerprint density at radius 1 is 0.929 bits per heavy atom. The van der Waals surface area contributed by atoms with Crippen molar-refractivity contribution in [1.82, 2.24) is 0 Å². The molecule has 0 amide bonds. The minimum Gasteiger partial charge on any atom is -0.507 e. The molecule has 0 saturated carbocycles. The van der Waals surface area contributed by atoms with Crippen molar-refractivity contribution in [2.24, 2.45) is 0 Å². The van der Waals surface area contributed by atoms with E-state index in [4.69, 9.17) is 4.74 Å². The molecule has 0 aromatic heterocycles. The number of esters is 1. The highest BCUT2D eigenvalue weighted by atomic mass is 16.5. The summed E-state index contributed by atoms with van der Waals surface area (Å²) in [5.41, 5.74) is -0.0431. The number of carbonyl (C=O) groups excluding carboxylic acids is 2. The fourth-order valence-electron chi connectivity index (χ4n) is 2.79. The zero-order valence-corrected chi connectivity index (χ0v) is 15.8. The van der Waals surface area contributed by atoms with Crippen LogP contribution >= 0.6 is 0 Å². The van der Waals surface area contributed by atoms with Gasteiger partial charge in [-0.25, -0.2) is 9.59 Å². The second-order valence-electron chi connectivity index (χ2n) is 6.51. The Morgan fingerprint density at radius 3 is 2.36 bits per heavy atom. The Bertz CT molecular complexity index is 856. The molecule has 28 heavy (non-hydrogen) atoms. The number of hydrogen-bond acceptors (Lipinski definition) is 5. The molecule has 148 valence electrons. The van der Waals surface area contributed by atoms with Gasteiger partial charge in [-0.1, -0.05) is 44.7 Å². The molecule has 0 fully saturated rings. The maximum Gasteiger partial charge on any atom is 0.347 e. The first kappa shape index (κ1) is 21.2. The lowest BCUT2D eigenvalue weighted by molar-refractivity contribution is 0.0681. The zero-order valence-electron chi connectivity index (χ0n) is 15.8. The third-order valence-corrected chi connectivity index (χ3v) is 4.37. The molecule has 6 nitrogen and oxygen atoms in total. The van der Waals surface area contributed by atoms with Gasteiger partial charge in [0.2, 0.25) is 0 Å². The van der Waals surface area contributed by atoms with Crippen molar-refractivity contribution in [2.75, 3.05) is 0 Å². The van der Waals surface area contributed by atoms with Gasteiger partial charge in [-0.05, 0) is 36.8 Å².